The highest BCUT2D eigenvalue weighted by atomic mass is 16.3. The van der Waals surface area contributed by atoms with E-state index in [4.69, 9.17) is 24.4 Å². The second-order valence-corrected chi connectivity index (χ2v) is 11.1. The van der Waals surface area contributed by atoms with Gasteiger partial charge in [-0.15, -0.1) is 0 Å². The molecule has 0 saturated carbocycles. The molecule has 0 aliphatic carbocycles. The minimum absolute atomic E-state index is 0.608. The van der Waals surface area contributed by atoms with Gasteiger partial charge in [0.05, 0.1) is 22.4 Å². The van der Waals surface area contributed by atoms with Crippen LogP contribution in [0.15, 0.2) is 150 Å². The van der Waals surface area contributed by atoms with Crippen molar-refractivity contribution in [1.82, 2.24) is 19.9 Å². The summed E-state index contributed by atoms with van der Waals surface area (Å²) in [5.41, 5.74) is 9.19. The lowest BCUT2D eigenvalue weighted by Crippen LogP contribution is -1.95. The van der Waals surface area contributed by atoms with Gasteiger partial charge >= 0.3 is 0 Å². The van der Waals surface area contributed by atoms with Crippen LogP contribution < -0.4 is 0 Å². The Morgan fingerprint density at radius 1 is 0.378 bits per heavy atom. The number of fused-ring (bicyclic) bond motifs is 6. The minimum atomic E-state index is 0.608. The molecule has 210 valence electrons. The molecule has 0 radical (unpaired) electrons. The SMILES string of the molecule is c1ccc(-c2nc(-c3ccc(-c4nc5ccccc5c5c4ccc4oc(-c6ccccc6)nc45)cc3)c3ccccc3n2)cc1. The lowest BCUT2D eigenvalue weighted by Gasteiger charge is -2.12. The Morgan fingerprint density at radius 3 is 1.67 bits per heavy atom. The zero-order valence-corrected chi connectivity index (χ0v) is 24.1. The van der Waals surface area contributed by atoms with Crippen molar-refractivity contribution in [3.8, 4) is 45.4 Å². The summed E-state index contributed by atoms with van der Waals surface area (Å²) in [6.07, 6.45) is 0. The van der Waals surface area contributed by atoms with Crippen LogP contribution in [0.1, 0.15) is 0 Å². The first-order valence-corrected chi connectivity index (χ1v) is 14.9. The lowest BCUT2D eigenvalue weighted by molar-refractivity contribution is 0.620. The Morgan fingerprint density at radius 2 is 0.956 bits per heavy atom. The van der Waals surface area contributed by atoms with Crippen LogP contribution >= 0.6 is 0 Å². The second-order valence-electron chi connectivity index (χ2n) is 11.1. The summed E-state index contributed by atoms with van der Waals surface area (Å²) in [5.74, 6) is 1.32. The molecular weight excluding hydrogens is 552 g/mol. The van der Waals surface area contributed by atoms with Crippen molar-refractivity contribution in [2.24, 2.45) is 0 Å². The normalized spacial score (nSPS) is 11.6. The molecule has 0 fully saturated rings. The number of benzene rings is 6. The van der Waals surface area contributed by atoms with Crippen LogP contribution in [0.3, 0.4) is 0 Å². The predicted molar refractivity (Wildman–Crippen MR) is 182 cm³/mol. The molecule has 45 heavy (non-hydrogen) atoms. The molecule has 0 amide bonds. The highest BCUT2D eigenvalue weighted by Crippen LogP contribution is 2.39. The summed E-state index contributed by atoms with van der Waals surface area (Å²) in [4.78, 5) is 20.1. The number of hydrogen-bond acceptors (Lipinski definition) is 5. The topological polar surface area (TPSA) is 64.7 Å². The van der Waals surface area contributed by atoms with Crippen LogP contribution in [0.25, 0.3) is 89.0 Å². The number of hydrogen-bond donors (Lipinski definition) is 0. The van der Waals surface area contributed by atoms with Crippen LogP contribution in [0.2, 0.25) is 0 Å². The molecule has 0 spiro atoms. The molecule has 5 nitrogen and oxygen atoms in total. The van der Waals surface area contributed by atoms with Crippen molar-refractivity contribution in [1.29, 1.82) is 0 Å². The number of para-hydroxylation sites is 2. The van der Waals surface area contributed by atoms with E-state index < -0.39 is 0 Å². The van der Waals surface area contributed by atoms with Gasteiger partial charge in [-0.25, -0.2) is 19.9 Å². The van der Waals surface area contributed by atoms with Crippen LogP contribution in [0, 0.1) is 0 Å². The van der Waals surface area contributed by atoms with E-state index in [0.29, 0.717) is 11.7 Å². The smallest absolute Gasteiger partial charge is 0.227 e. The number of nitrogens with zero attached hydrogens (tertiary/aromatic N) is 4. The van der Waals surface area contributed by atoms with Crippen LogP contribution in [-0.2, 0) is 0 Å². The minimum Gasteiger partial charge on any atom is -0.436 e. The van der Waals surface area contributed by atoms with E-state index in [1.807, 2.05) is 97.1 Å². The molecule has 9 rings (SSSR count). The summed E-state index contributed by atoms with van der Waals surface area (Å²) in [5, 5.41) is 4.13. The summed E-state index contributed by atoms with van der Waals surface area (Å²) in [6, 6.07) is 49.2. The molecular formula is C40H24N4O. The largest absolute Gasteiger partial charge is 0.436 e. The molecule has 0 aliphatic heterocycles. The molecule has 5 heteroatoms. The van der Waals surface area contributed by atoms with E-state index >= 15 is 0 Å². The first-order valence-electron chi connectivity index (χ1n) is 14.9. The molecule has 0 bridgehead atoms. The van der Waals surface area contributed by atoms with E-state index in [2.05, 4.69) is 48.5 Å². The maximum atomic E-state index is 6.25. The monoisotopic (exact) mass is 576 g/mol. The molecule has 0 saturated heterocycles. The summed E-state index contributed by atoms with van der Waals surface area (Å²) in [6.45, 7) is 0. The van der Waals surface area contributed by atoms with Crippen molar-refractivity contribution in [2.75, 3.05) is 0 Å². The van der Waals surface area contributed by atoms with Crippen LogP contribution in [0.4, 0.5) is 0 Å². The number of oxazole rings is 1. The fourth-order valence-electron chi connectivity index (χ4n) is 6.15. The maximum absolute atomic E-state index is 6.25. The average molecular weight is 577 g/mol. The van der Waals surface area contributed by atoms with Crippen molar-refractivity contribution in [3.05, 3.63) is 146 Å². The summed E-state index contributed by atoms with van der Waals surface area (Å²) < 4.78 is 6.25. The first-order chi connectivity index (χ1) is 22.3. The third-order valence-corrected chi connectivity index (χ3v) is 8.31. The molecule has 0 unspecified atom stereocenters. The van der Waals surface area contributed by atoms with Gasteiger partial charge in [0.15, 0.2) is 11.4 Å². The van der Waals surface area contributed by atoms with E-state index in [0.717, 1.165) is 77.3 Å². The molecule has 3 aromatic heterocycles. The third-order valence-electron chi connectivity index (χ3n) is 8.31. The number of aromatic nitrogens is 4. The molecule has 0 atom stereocenters. The standard InChI is InChI=1S/C40H24N4O/c1-3-11-27(12-4-1)39-42-33-18-10-8-16-30(33)36(43-39)25-19-21-26(22-20-25)37-31-23-24-34-38(35(31)29-15-7-9-17-32(29)41-37)44-40(45-34)28-13-5-2-6-14-28/h1-24H. The summed E-state index contributed by atoms with van der Waals surface area (Å²) in [7, 11) is 0. The van der Waals surface area contributed by atoms with Gasteiger partial charge in [-0.2, -0.15) is 0 Å². The van der Waals surface area contributed by atoms with Crippen LogP contribution in [-0.4, -0.2) is 19.9 Å². The zero-order valence-electron chi connectivity index (χ0n) is 24.1. The van der Waals surface area contributed by atoms with Gasteiger partial charge in [0.25, 0.3) is 0 Å². The second kappa shape index (κ2) is 10.2. The highest BCUT2D eigenvalue weighted by molar-refractivity contribution is 6.20. The Hall–Kier alpha value is -6.20. The van der Waals surface area contributed by atoms with Gasteiger partial charge in [0, 0.05) is 43.8 Å². The van der Waals surface area contributed by atoms with Crippen molar-refractivity contribution in [3.63, 3.8) is 0 Å². The van der Waals surface area contributed by atoms with Gasteiger partial charge < -0.3 is 4.42 Å². The van der Waals surface area contributed by atoms with Crippen molar-refractivity contribution >= 4 is 43.7 Å². The first kappa shape index (κ1) is 25.3. The molecule has 0 N–H and O–H groups in total. The Bertz CT molecular complexity index is 2520. The maximum Gasteiger partial charge on any atom is 0.227 e. The highest BCUT2D eigenvalue weighted by Gasteiger charge is 2.18. The van der Waals surface area contributed by atoms with Gasteiger partial charge in [-0.05, 0) is 36.4 Å². The van der Waals surface area contributed by atoms with Crippen LogP contribution in [0.5, 0.6) is 0 Å². The van der Waals surface area contributed by atoms with E-state index in [1.54, 1.807) is 0 Å². The van der Waals surface area contributed by atoms with Gasteiger partial charge in [0.2, 0.25) is 5.89 Å². The van der Waals surface area contributed by atoms with E-state index in [9.17, 15) is 0 Å². The Labute approximate surface area is 258 Å². The average Bonchev–Trinajstić information content (AvgIpc) is 3.56. The molecule has 3 heterocycles. The van der Waals surface area contributed by atoms with Crippen molar-refractivity contribution < 1.29 is 4.42 Å². The quantitative estimate of drug-likeness (QED) is 0.195. The number of pyridine rings is 1. The lowest BCUT2D eigenvalue weighted by atomic mass is 9.97. The third kappa shape index (κ3) is 4.25. The van der Waals surface area contributed by atoms with Gasteiger partial charge in [0.1, 0.15) is 5.52 Å². The van der Waals surface area contributed by atoms with E-state index in [1.165, 1.54) is 0 Å². The zero-order chi connectivity index (χ0) is 29.7. The fraction of sp³-hybridized carbons (Fsp3) is 0. The van der Waals surface area contributed by atoms with Gasteiger partial charge in [-0.1, -0.05) is 109 Å². The summed E-state index contributed by atoms with van der Waals surface area (Å²) >= 11 is 0. The van der Waals surface area contributed by atoms with E-state index in [-0.39, 0.29) is 0 Å². The number of rotatable bonds is 4. The van der Waals surface area contributed by atoms with Gasteiger partial charge in [-0.3, -0.25) is 0 Å². The Kier molecular flexibility index (Phi) is 5.74. The Balaban J connectivity index is 1.22. The predicted octanol–water partition coefficient (Wildman–Crippen LogP) is 10.1. The molecule has 0 aliphatic rings. The molecule has 6 aromatic carbocycles. The fourth-order valence-corrected chi connectivity index (χ4v) is 6.15. The molecule has 9 aromatic rings. The van der Waals surface area contributed by atoms with Crippen molar-refractivity contribution in [2.45, 2.75) is 0 Å².